The lowest BCUT2D eigenvalue weighted by atomic mass is 9.93. The van der Waals surface area contributed by atoms with Crippen LogP contribution >= 0.6 is 0 Å². The van der Waals surface area contributed by atoms with Crippen LogP contribution in [-0.4, -0.2) is 41.0 Å². The van der Waals surface area contributed by atoms with Gasteiger partial charge in [-0.15, -0.1) is 0 Å². The number of nitrogen functional groups attached to an aromatic ring is 1. The highest BCUT2D eigenvalue weighted by molar-refractivity contribution is 5.92. The van der Waals surface area contributed by atoms with Gasteiger partial charge in [0.05, 0.1) is 25.4 Å². The summed E-state index contributed by atoms with van der Waals surface area (Å²) in [5.74, 6) is 0.441. The highest BCUT2D eigenvalue weighted by atomic mass is 19.1. The predicted molar refractivity (Wildman–Crippen MR) is 122 cm³/mol. The van der Waals surface area contributed by atoms with Crippen LogP contribution in [-0.2, 0) is 4.79 Å². The van der Waals surface area contributed by atoms with Crippen molar-refractivity contribution in [3.05, 3.63) is 66.2 Å². The van der Waals surface area contributed by atoms with Crippen LogP contribution in [0.1, 0.15) is 31.0 Å². The Morgan fingerprint density at radius 2 is 2.06 bits per heavy atom. The Morgan fingerprint density at radius 1 is 1.25 bits per heavy atom. The van der Waals surface area contributed by atoms with Gasteiger partial charge in [-0.25, -0.2) is 14.4 Å². The second kappa shape index (κ2) is 9.74. The van der Waals surface area contributed by atoms with Gasteiger partial charge in [0.2, 0.25) is 11.9 Å². The van der Waals surface area contributed by atoms with Gasteiger partial charge in [0, 0.05) is 17.4 Å². The Bertz CT molecular complexity index is 1090. The maximum absolute atomic E-state index is 13.1. The van der Waals surface area contributed by atoms with Crippen molar-refractivity contribution in [2.45, 2.75) is 25.3 Å². The molecule has 1 saturated heterocycles. The van der Waals surface area contributed by atoms with Crippen molar-refractivity contribution < 1.29 is 13.9 Å². The van der Waals surface area contributed by atoms with Gasteiger partial charge in [-0.1, -0.05) is 18.6 Å². The summed E-state index contributed by atoms with van der Waals surface area (Å²) in [4.78, 5) is 23.6. The standard InChI is InChI=1S/C24H26FN5O2/c1-32-19-6-4-5-16(13-19)20-14-27-24(26)29-23(20)21-7-2-3-12-30(21)15-22(31)28-18-10-8-17(25)9-11-18/h4-6,8-11,13-14,21H,2-3,7,12,15H2,1H3,(H,28,31)(H2,26,27,29)/t21-/m0/s1. The quantitative estimate of drug-likeness (QED) is 0.607. The number of benzene rings is 2. The third kappa shape index (κ3) is 5.03. The van der Waals surface area contributed by atoms with Gasteiger partial charge in [0.1, 0.15) is 11.6 Å². The number of amides is 1. The van der Waals surface area contributed by atoms with Crippen LogP contribution in [0.15, 0.2) is 54.7 Å². The number of anilines is 2. The van der Waals surface area contributed by atoms with Crippen molar-refractivity contribution in [2.24, 2.45) is 0 Å². The number of aromatic nitrogens is 2. The summed E-state index contributed by atoms with van der Waals surface area (Å²) in [5.41, 5.74) is 9.12. The molecule has 3 aromatic rings. The molecule has 0 unspecified atom stereocenters. The summed E-state index contributed by atoms with van der Waals surface area (Å²) >= 11 is 0. The molecule has 7 nitrogen and oxygen atoms in total. The minimum absolute atomic E-state index is 0.0748. The van der Waals surface area contributed by atoms with E-state index in [9.17, 15) is 9.18 Å². The van der Waals surface area contributed by atoms with Crippen LogP contribution in [0.3, 0.4) is 0 Å². The molecular formula is C24H26FN5O2. The molecule has 1 atom stereocenters. The third-order valence-electron chi connectivity index (χ3n) is 5.62. The smallest absolute Gasteiger partial charge is 0.238 e. The van der Waals surface area contributed by atoms with Gasteiger partial charge in [0.15, 0.2) is 0 Å². The number of hydrogen-bond donors (Lipinski definition) is 2. The van der Waals surface area contributed by atoms with E-state index in [-0.39, 0.29) is 30.3 Å². The van der Waals surface area contributed by atoms with Crippen molar-refractivity contribution in [1.29, 1.82) is 0 Å². The Labute approximate surface area is 186 Å². The van der Waals surface area contributed by atoms with E-state index in [0.29, 0.717) is 5.69 Å². The first-order valence-electron chi connectivity index (χ1n) is 10.6. The number of methoxy groups -OCH3 is 1. The highest BCUT2D eigenvalue weighted by Gasteiger charge is 2.29. The number of hydrogen-bond acceptors (Lipinski definition) is 6. The number of rotatable bonds is 6. The molecule has 0 bridgehead atoms. The maximum atomic E-state index is 13.1. The monoisotopic (exact) mass is 435 g/mol. The molecule has 0 aliphatic carbocycles. The number of nitrogens with one attached hydrogen (secondary N) is 1. The topological polar surface area (TPSA) is 93.4 Å². The third-order valence-corrected chi connectivity index (χ3v) is 5.62. The zero-order valence-corrected chi connectivity index (χ0v) is 17.9. The van der Waals surface area contributed by atoms with Gasteiger partial charge in [0.25, 0.3) is 0 Å². The average Bonchev–Trinajstić information content (AvgIpc) is 2.81. The lowest BCUT2D eigenvalue weighted by Gasteiger charge is -2.35. The van der Waals surface area contributed by atoms with Gasteiger partial charge < -0.3 is 15.8 Å². The summed E-state index contributed by atoms with van der Waals surface area (Å²) in [5, 5.41) is 2.84. The summed E-state index contributed by atoms with van der Waals surface area (Å²) < 4.78 is 18.5. The zero-order chi connectivity index (χ0) is 22.5. The maximum Gasteiger partial charge on any atom is 0.238 e. The van der Waals surface area contributed by atoms with Crippen LogP contribution < -0.4 is 15.8 Å². The second-order valence-corrected chi connectivity index (χ2v) is 7.80. The minimum atomic E-state index is -0.342. The second-order valence-electron chi connectivity index (χ2n) is 7.80. The molecule has 1 amide bonds. The molecule has 3 N–H and O–H groups in total. The van der Waals surface area contributed by atoms with Crippen LogP contribution in [0.5, 0.6) is 5.75 Å². The van der Waals surface area contributed by atoms with E-state index in [2.05, 4.69) is 20.2 Å². The molecule has 1 aromatic heterocycles. The van der Waals surface area contributed by atoms with E-state index >= 15 is 0 Å². The number of nitrogens with zero attached hydrogens (tertiary/aromatic N) is 3. The lowest BCUT2D eigenvalue weighted by Crippen LogP contribution is -2.40. The summed E-state index contributed by atoms with van der Waals surface area (Å²) in [6.45, 7) is 0.965. The molecule has 0 radical (unpaired) electrons. The zero-order valence-electron chi connectivity index (χ0n) is 17.9. The fourth-order valence-corrected chi connectivity index (χ4v) is 4.08. The molecule has 1 aliphatic rings. The molecule has 4 rings (SSSR count). The largest absolute Gasteiger partial charge is 0.497 e. The van der Waals surface area contributed by atoms with Crippen molar-refractivity contribution >= 4 is 17.5 Å². The Morgan fingerprint density at radius 3 is 2.84 bits per heavy atom. The van der Waals surface area contributed by atoms with Crippen LogP contribution in [0.25, 0.3) is 11.1 Å². The number of carbonyl (C=O) groups is 1. The summed E-state index contributed by atoms with van der Waals surface area (Å²) in [6.07, 6.45) is 4.62. The average molecular weight is 436 g/mol. The first kappa shape index (κ1) is 21.7. The Balaban J connectivity index is 1.60. The van der Waals surface area contributed by atoms with E-state index in [1.54, 1.807) is 25.4 Å². The molecule has 2 heterocycles. The Kier molecular flexibility index (Phi) is 6.61. The number of piperidine rings is 1. The molecule has 166 valence electrons. The molecule has 2 aromatic carbocycles. The van der Waals surface area contributed by atoms with Crippen molar-refractivity contribution in [1.82, 2.24) is 14.9 Å². The highest BCUT2D eigenvalue weighted by Crippen LogP contribution is 2.36. The van der Waals surface area contributed by atoms with E-state index in [1.165, 1.54) is 12.1 Å². The predicted octanol–water partition coefficient (Wildman–Crippen LogP) is 4.04. The fraction of sp³-hybridized carbons (Fsp3) is 0.292. The number of carbonyl (C=O) groups excluding carboxylic acids is 1. The molecule has 32 heavy (non-hydrogen) atoms. The Hall–Kier alpha value is -3.52. The summed E-state index contributed by atoms with van der Waals surface area (Å²) in [6, 6.07) is 13.4. The van der Waals surface area contributed by atoms with Gasteiger partial charge in [-0.05, 0) is 61.3 Å². The van der Waals surface area contributed by atoms with E-state index in [0.717, 1.165) is 48.4 Å². The van der Waals surface area contributed by atoms with E-state index < -0.39 is 0 Å². The fourth-order valence-electron chi connectivity index (χ4n) is 4.08. The van der Waals surface area contributed by atoms with E-state index in [1.807, 2.05) is 24.3 Å². The van der Waals surface area contributed by atoms with Crippen LogP contribution in [0, 0.1) is 5.82 Å². The number of halogens is 1. The van der Waals surface area contributed by atoms with E-state index in [4.69, 9.17) is 10.5 Å². The van der Waals surface area contributed by atoms with Crippen LogP contribution in [0.4, 0.5) is 16.0 Å². The lowest BCUT2D eigenvalue weighted by molar-refractivity contribution is -0.118. The number of nitrogens with two attached hydrogens (primary N) is 1. The van der Waals surface area contributed by atoms with Crippen molar-refractivity contribution in [3.63, 3.8) is 0 Å². The molecule has 0 spiro atoms. The van der Waals surface area contributed by atoms with Crippen LogP contribution in [0.2, 0.25) is 0 Å². The first-order valence-corrected chi connectivity index (χ1v) is 10.6. The SMILES string of the molecule is COc1cccc(-c2cnc(N)nc2[C@@H]2CCCCN2CC(=O)Nc2ccc(F)cc2)c1. The number of likely N-dealkylation sites (tertiary alicyclic amines) is 1. The summed E-state index contributed by atoms with van der Waals surface area (Å²) in [7, 11) is 1.63. The molecule has 1 fully saturated rings. The molecule has 0 saturated carbocycles. The van der Waals surface area contributed by atoms with Crippen molar-refractivity contribution in [3.8, 4) is 16.9 Å². The van der Waals surface area contributed by atoms with Gasteiger partial charge >= 0.3 is 0 Å². The minimum Gasteiger partial charge on any atom is -0.497 e. The number of ether oxygens (including phenoxy) is 1. The molecular weight excluding hydrogens is 409 g/mol. The van der Waals surface area contributed by atoms with Crippen molar-refractivity contribution in [2.75, 3.05) is 31.2 Å². The molecule has 1 aliphatic heterocycles. The van der Waals surface area contributed by atoms with Gasteiger partial charge in [-0.3, -0.25) is 9.69 Å². The first-order chi connectivity index (χ1) is 15.5. The molecule has 8 heteroatoms. The normalized spacial score (nSPS) is 16.5. The van der Waals surface area contributed by atoms with Gasteiger partial charge in [-0.2, -0.15) is 0 Å².